The van der Waals surface area contributed by atoms with Crippen LogP contribution in [0.15, 0.2) is 24.3 Å². The average molecular weight is 309 g/mol. The van der Waals surface area contributed by atoms with Crippen LogP contribution in [-0.4, -0.2) is 26.5 Å². The predicted octanol–water partition coefficient (Wildman–Crippen LogP) is 2.40. The molecule has 0 spiro atoms. The van der Waals surface area contributed by atoms with E-state index in [1.807, 2.05) is 0 Å². The van der Waals surface area contributed by atoms with Gasteiger partial charge < -0.3 is 5.73 Å². The summed E-state index contributed by atoms with van der Waals surface area (Å²) in [5.74, 6) is 0.0771. The summed E-state index contributed by atoms with van der Waals surface area (Å²) in [6.07, 6.45) is -1.76. The van der Waals surface area contributed by atoms with Crippen molar-refractivity contribution in [3.8, 4) is 0 Å². The minimum Gasteiger partial charge on any atom is -0.327 e. The Balaban J connectivity index is 2.48. The Bertz CT molecular complexity index is 524. The number of hydrogen-bond donors (Lipinski definition) is 1. The van der Waals surface area contributed by atoms with E-state index in [0.717, 1.165) is 18.4 Å². The SMILES string of the molecule is CS(=O)(=O)CCCC(N)Cc1ccc(C(F)(F)F)cc1. The van der Waals surface area contributed by atoms with Crippen LogP contribution in [-0.2, 0) is 22.4 Å². The average Bonchev–Trinajstić information content (AvgIpc) is 2.26. The molecule has 0 aromatic heterocycles. The Labute approximate surface area is 116 Å². The van der Waals surface area contributed by atoms with E-state index >= 15 is 0 Å². The second-order valence-electron chi connectivity index (χ2n) is 4.93. The molecule has 1 unspecified atom stereocenters. The highest BCUT2D eigenvalue weighted by Crippen LogP contribution is 2.29. The molecule has 114 valence electrons. The van der Waals surface area contributed by atoms with Gasteiger partial charge in [0.2, 0.25) is 0 Å². The minimum atomic E-state index is -4.34. The third kappa shape index (κ3) is 6.38. The minimum absolute atomic E-state index is 0.0771. The molecule has 0 saturated heterocycles. The van der Waals surface area contributed by atoms with Gasteiger partial charge in [-0.15, -0.1) is 0 Å². The van der Waals surface area contributed by atoms with Gasteiger partial charge in [-0.2, -0.15) is 13.2 Å². The summed E-state index contributed by atoms with van der Waals surface area (Å²) in [6.45, 7) is 0. The number of nitrogens with two attached hydrogens (primary N) is 1. The number of halogens is 3. The van der Waals surface area contributed by atoms with Crippen LogP contribution in [0.4, 0.5) is 13.2 Å². The van der Waals surface area contributed by atoms with Gasteiger partial charge in [-0.3, -0.25) is 0 Å². The van der Waals surface area contributed by atoms with Crippen molar-refractivity contribution >= 4 is 9.84 Å². The fourth-order valence-electron chi connectivity index (χ4n) is 1.84. The Kier molecular flexibility index (Phi) is 5.59. The molecule has 1 rings (SSSR count). The van der Waals surface area contributed by atoms with Crippen molar-refractivity contribution in [2.75, 3.05) is 12.0 Å². The number of sulfone groups is 1. The first-order chi connectivity index (χ1) is 9.08. The van der Waals surface area contributed by atoms with E-state index in [4.69, 9.17) is 5.73 Å². The quantitative estimate of drug-likeness (QED) is 0.878. The van der Waals surface area contributed by atoms with Crippen LogP contribution in [0.3, 0.4) is 0 Å². The highest BCUT2D eigenvalue weighted by atomic mass is 32.2. The second-order valence-corrected chi connectivity index (χ2v) is 7.19. The van der Waals surface area contributed by atoms with Gasteiger partial charge in [-0.25, -0.2) is 8.42 Å². The standard InChI is InChI=1S/C13H18F3NO2S/c1-20(18,19)8-2-3-12(17)9-10-4-6-11(7-5-10)13(14,15)16/h4-7,12H,2-3,8-9,17H2,1H3. The highest BCUT2D eigenvalue weighted by Gasteiger charge is 2.29. The van der Waals surface area contributed by atoms with Crippen molar-refractivity contribution in [1.29, 1.82) is 0 Å². The summed E-state index contributed by atoms with van der Waals surface area (Å²) in [4.78, 5) is 0. The van der Waals surface area contributed by atoms with E-state index in [-0.39, 0.29) is 11.8 Å². The third-order valence-electron chi connectivity index (χ3n) is 2.87. The van der Waals surface area contributed by atoms with Crippen LogP contribution in [0.2, 0.25) is 0 Å². The molecule has 0 heterocycles. The number of benzene rings is 1. The van der Waals surface area contributed by atoms with Gasteiger partial charge >= 0.3 is 6.18 Å². The number of hydrogen-bond acceptors (Lipinski definition) is 3. The lowest BCUT2D eigenvalue weighted by molar-refractivity contribution is -0.137. The van der Waals surface area contributed by atoms with Gasteiger partial charge in [0.05, 0.1) is 5.56 Å². The first-order valence-corrected chi connectivity index (χ1v) is 8.23. The molecule has 0 aliphatic carbocycles. The van der Waals surface area contributed by atoms with Gasteiger partial charge in [-0.1, -0.05) is 12.1 Å². The van der Waals surface area contributed by atoms with E-state index in [1.54, 1.807) is 0 Å². The van der Waals surface area contributed by atoms with E-state index < -0.39 is 21.6 Å². The monoisotopic (exact) mass is 309 g/mol. The molecular formula is C13H18F3NO2S. The fraction of sp³-hybridized carbons (Fsp3) is 0.538. The molecule has 1 aromatic carbocycles. The zero-order valence-electron chi connectivity index (χ0n) is 11.2. The summed E-state index contributed by atoms with van der Waals surface area (Å²) in [7, 11) is -3.00. The predicted molar refractivity (Wildman–Crippen MR) is 72.1 cm³/mol. The molecule has 0 fully saturated rings. The normalized spacial score (nSPS) is 14.2. The molecule has 1 aromatic rings. The van der Waals surface area contributed by atoms with E-state index in [0.29, 0.717) is 24.8 Å². The molecule has 3 nitrogen and oxygen atoms in total. The second kappa shape index (κ2) is 6.58. The van der Waals surface area contributed by atoms with Crippen molar-refractivity contribution < 1.29 is 21.6 Å². The largest absolute Gasteiger partial charge is 0.416 e. The molecule has 0 aliphatic rings. The van der Waals surface area contributed by atoms with E-state index in [2.05, 4.69) is 0 Å². The molecule has 0 saturated carbocycles. The van der Waals surface area contributed by atoms with Gasteiger partial charge in [0.1, 0.15) is 9.84 Å². The maximum atomic E-state index is 12.4. The van der Waals surface area contributed by atoms with Crippen LogP contribution >= 0.6 is 0 Å². The lowest BCUT2D eigenvalue weighted by Gasteiger charge is -2.12. The first kappa shape index (κ1) is 17.0. The third-order valence-corrected chi connectivity index (χ3v) is 3.90. The summed E-state index contributed by atoms with van der Waals surface area (Å²) in [6, 6.07) is 4.60. The van der Waals surface area contributed by atoms with Gasteiger partial charge in [0.25, 0.3) is 0 Å². The number of rotatable bonds is 6. The molecule has 7 heteroatoms. The molecule has 1 atom stereocenters. The van der Waals surface area contributed by atoms with Crippen molar-refractivity contribution in [2.45, 2.75) is 31.5 Å². The molecule has 0 aliphatic heterocycles. The maximum Gasteiger partial charge on any atom is 0.416 e. The van der Waals surface area contributed by atoms with Crippen molar-refractivity contribution in [1.82, 2.24) is 0 Å². The zero-order chi connectivity index (χ0) is 15.4. The van der Waals surface area contributed by atoms with Crippen LogP contribution in [0.5, 0.6) is 0 Å². The van der Waals surface area contributed by atoms with Crippen LogP contribution in [0, 0.1) is 0 Å². The van der Waals surface area contributed by atoms with Crippen LogP contribution < -0.4 is 5.73 Å². The summed E-state index contributed by atoms with van der Waals surface area (Å²) in [5.41, 5.74) is 5.87. The summed E-state index contributed by atoms with van der Waals surface area (Å²) < 4.78 is 59.0. The van der Waals surface area contributed by atoms with Crippen LogP contribution in [0.25, 0.3) is 0 Å². The smallest absolute Gasteiger partial charge is 0.327 e. The van der Waals surface area contributed by atoms with Crippen molar-refractivity contribution in [3.63, 3.8) is 0 Å². The van der Waals surface area contributed by atoms with Crippen LogP contribution in [0.1, 0.15) is 24.0 Å². The van der Waals surface area contributed by atoms with Crippen molar-refractivity contribution in [2.24, 2.45) is 5.73 Å². The fourth-order valence-corrected chi connectivity index (χ4v) is 2.53. The van der Waals surface area contributed by atoms with Gasteiger partial charge in [0, 0.05) is 18.1 Å². The van der Waals surface area contributed by atoms with Gasteiger partial charge in [-0.05, 0) is 37.0 Å². The molecule has 2 N–H and O–H groups in total. The molecule has 20 heavy (non-hydrogen) atoms. The lowest BCUT2D eigenvalue weighted by atomic mass is 10.0. The first-order valence-electron chi connectivity index (χ1n) is 6.17. The Hall–Kier alpha value is -1.08. The summed E-state index contributed by atoms with van der Waals surface area (Å²) in [5, 5.41) is 0. The maximum absolute atomic E-state index is 12.4. The Morgan fingerprint density at radius 1 is 1.20 bits per heavy atom. The van der Waals surface area contributed by atoms with E-state index in [1.165, 1.54) is 12.1 Å². The van der Waals surface area contributed by atoms with Gasteiger partial charge in [0.15, 0.2) is 0 Å². The molecule has 0 amide bonds. The topological polar surface area (TPSA) is 60.2 Å². The molecular weight excluding hydrogens is 291 g/mol. The molecule has 0 bridgehead atoms. The Morgan fingerprint density at radius 2 is 1.75 bits per heavy atom. The molecule has 0 radical (unpaired) electrons. The highest BCUT2D eigenvalue weighted by molar-refractivity contribution is 7.90. The lowest BCUT2D eigenvalue weighted by Crippen LogP contribution is -2.23. The zero-order valence-corrected chi connectivity index (χ0v) is 12.0. The van der Waals surface area contributed by atoms with E-state index in [9.17, 15) is 21.6 Å². The summed E-state index contributed by atoms with van der Waals surface area (Å²) >= 11 is 0. The number of alkyl halides is 3. The Morgan fingerprint density at radius 3 is 2.20 bits per heavy atom. The van der Waals surface area contributed by atoms with Crippen molar-refractivity contribution in [3.05, 3.63) is 35.4 Å².